The predicted molar refractivity (Wildman–Crippen MR) is 85.8 cm³/mol. The second kappa shape index (κ2) is 9.57. The van der Waals surface area contributed by atoms with Crippen LogP contribution < -0.4 is 5.32 Å². The second-order valence-electron chi connectivity index (χ2n) is 5.57. The van der Waals surface area contributed by atoms with Gasteiger partial charge in [0.1, 0.15) is 0 Å². The van der Waals surface area contributed by atoms with Crippen LogP contribution in [-0.2, 0) is 17.6 Å². The third-order valence-corrected chi connectivity index (χ3v) is 3.93. The first-order valence-electron chi connectivity index (χ1n) is 8.04. The van der Waals surface area contributed by atoms with E-state index in [0.29, 0.717) is 12.3 Å². The Hall–Kier alpha value is -1.31. The lowest BCUT2D eigenvalue weighted by molar-refractivity contribution is -0.120. The van der Waals surface area contributed by atoms with Crippen LogP contribution in [0, 0.1) is 5.92 Å². The maximum atomic E-state index is 11.9. The average Bonchev–Trinajstić information content (AvgIpc) is 2.48. The summed E-state index contributed by atoms with van der Waals surface area (Å²) in [7, 11) is 0. The molecule has 0 bridgehead atoms. The van der Waals surface area contributed by atoms with Gasteiger partial charge in [-0.1, -0.05) is 64.3 Å². The molecule has 2 heteroatoms. The van der Waals surface area contributed by atoms with Crippen molar-refractivity contribution in [3.63, 3.8) is 0 Å². The lowest BCUT2D eigenvalue weighted by atomic mass is 9.99. The predicted octanol–water partition coefficient (Wildman–Crippen LogP) is 4.12. The molecule has 0 aromatic heterocycles. The highest BCUT2D eigenvalue weighted by atomic mass is 16.1. The lowest BCUT2D eigenvalue weighted by Gasteiger charge is -2.15. The van der Waals surface area contributed by atoms with Crippen molar-refractivity contribution in [3.8, 4) is 0 Å². The maximum absolute atomic E-state index is 11.9. The second-order valence-corrected chi connectivity index (χ2v) is 5.57. The molecule has 1 rings (SSSR count). The third-order valence-electron chi connectivity index (χ3n) is 3.93. The van der Waals surface area contributed by atoms with E-state index in [4.69, 9.17) is 0 Å². The van der Waals surface area contributed by atoms with Gasteiger partial charge in [-0.3, -0.25) is 4.79 Å². The monoisotopic (exact) mass is 275 g/mol. The van der Waals surface area contributed by atoms with Crippen molar-refractivity contribution in [3.05, 3.63) is 35.4 Å². The number of aryl methyl sites for hydroxylation is 1. The zero-order valence-corrected chi connectivity index (χ0v) is 13.2. The minimum Gasteiger partial charge on any atom is -0.356 e. The molecule has 20 heavy (non-hydrogen) atoms. The van der Waals surface area contributed by atoms with Gasteiger partial charge in [-0.05, 0) is 29.9 Å². The average molecular weight is 275 g/mol. The maximum Gasteiger partial charge on any atom is 0.224 e. The van der Waals surface area contributed by atoms with E-state index in [1.54, 1.807) is 0 Å². The molecule has 0 spiro atoms. The Morgan fingerprint density at radius 2 is 1.75 bits per heavy atom. The summed E-state index contributed by atoms with van der Waals surface area (Å²) in [5, 5.41) is 3.08. The van der Waals surface area contributed by atoms with Gasteiger partial charge >= 0.3 is 0 Å². The van der Waals surface area contributed by atoms with Gasteiger partial charge in [0.15, 0.2) is 0 Å². The van der Waals surface area contributed by atoms with Gasteiger partial charge in [-0.15, -0.1) is 0 Å². The topological polar surface area (TPSA) is 29.1 Å². The van der Waals surface area contributed by atoms with Gasteiger partial charge in [-0.25, -0.2) is 0 Å². The molecule has 0 unspecified atom stereocenters. The summed E-state index contributed by atoms with van der Waals surface area (Å²) in [6, 6.07) is 8.34. The van der Waals surface area contributed by atoms with E-state index >= 15 is 0 Å². The van der Waals surface area contributed by atoms with Crippen LogP contribution in [0.1, 0.15) is 57.6 Å². The van der Waals surface area contributed by atoms with Crippen LogP contribution in [0.2, 0.25) is 0 Å². The van der Waals surface area contributed by atoms with E-state index in [9.17, 15) is 4.79 Å². The summed E-state index contributed by atoms with van der Waals surface area (Å²) in [4.78, 5) is 11.9. The van der Waals surface area contributed by atoms with Crippen molar-refractivity contribution in [2.45, 2.75) is 59.3 Å². The first-order valence-corrected chi connectivity index (χ1v) is 8.04. The summed E-state index contributed by atoms with van der Waals surface area (Å²) in [5.41, 5.74) is 2.42. The molecule has 0 saturated carbocycles. The minimum atomic E-state index is 0.143. The van der Waals surface area contributed by atoms with Gasteiger partial charge in [-0.2, -0.15) is 0 Å². The standard InChI is InChI=1S/C18H29NO/c1-4-7-8-16(6-3)14-19-18(20)13-17-11-9-15(5-2)10-12-17/h9-12,16H,4-8,13-14H2,1-3H3,(H,19,20)/t16-/m0/s1. The number of benzene rings is 1. The van der Waals surface area contributed by atoms with Crippen LogP contribution in [0.15, 0.2) is 24.3 Å². The normalized spacial score (nSPS) is 12.2. The van der Waals surface area contributed by atoms with Crippen molar-refractivity contribution < 1.29 is 4.79 Å². The highest BCUT2D eigenvalue weighted by Crippen LogP contribution is 2.11. The zero-order valence-electron chi connectivity index (χ0n) is 13.2. The molecule has 0 aliphatic carbocycles. The number of rotatable bonds is 9. The van der Waals surface area contributed by atoms with Crippen molar-refractivity contribution in [1.82, 2.24) is 5.32 Å². The molecule has 0 fully saturated rings. The van der Waals surface area contributed by atoms with Crippen LogP contribution >= 0.6 is 0 Å². The summed E-state index contributed by atoms with van der Waals surface area (Å²) < 4.78 is 0. The Labute approximate surface area is 124 Å². The van der Waals surface area contributed by atoms with E-state index in [0.717, 1.165) is 24.9 Å². The molecular formula is C18H29NO. The van der Waals surface area contributed by atoms with Crippen LogP contribution in [0.25, 0.3) is 0 Å². The molecule has 0 saturated heterocycles. The number of nitrogens with one attached hydrogen (secondary N) is 1. The Morgan fingerprint density at radius 1 is 1.10 bits per heavy atom. The Balaban J connectivity index is 2.34. The summed E-state index contributed by atoms with van der Waals surface area (Å²) in [5.74, 6) is 0.769. The van der Waals surface area contributed by atoms with E-state index in [-0.39, 0.29) is 5.91 Å². The van der Waals surface area contributed by atoms with Crippen molar-refractivity contribution in [1.29, 1.82) is 0 Å². The van der Waals surface area contributed by atoms with Gasteiger partial charge < -0.3 is 5.32 Å². The van der Waals surface area contributed by atoms with Crippen LogP contribution in [0.5, 0.6) is 0 Å². The number of hydrogen-bond acceptors (Lipinski definition) is 1. The third kappa shape index (κ3) is 6.23. The molecule has 1 N–H and O–H groups in total. The molecule has 0 aliphatic rings. The van der Waals surface area contributed by atoms with Crippen LogP contribution in [0.3, 0.4) is 0 Å². The zero-order chi connectivity index (χ0) is 14.8. The highest BCUT2D eigenvalue weighted by molar-refractivity contribution is 5.78. The minimum absolute atomic E-state index is 0.143. The number of carbonyl (C=O) groups is 1. The fraction of sp³-hybridized carbons (Fsp3) is 0.611. The Kier molecular flexibility index (Phi) is 8.01. The molecule has 1 amide bonds. The molecule has 1 aromatic carbocycles. The number of unbranched alkanes of at least 4 members (excludes halogenated alkanes) is 1. The SMILES string of the molecule is CCCC[C@H](CC)CNC(=O)Cc1ccc(CC)cc1. The van der Waals surface area contributed by atoms with Gasteiger partial charge in [0.25, 0.3) is 0 Å². The summed E-state index contributed by atoms with van der Waals surface area (Å²) in [6.45, 7) is 7.38. The smallest absolute Gasteiger partial charge is 0.224 e. The van der Waals surface area contributed by atoms with E-state index in [1.165, 1.54) is 24.8 Å². The lowest BCUT2D eigenvalue weighted by Crippen LogP contribution is -2.30. The largest absolute Gasteiger partial charge is 0.356 e. The van der Waals surface area contributed by atoms with Crippen LogP contribution in [-0.4, -0.2) is 12.5 Å². The van der Waals surface area contributed by atoms with Crippen molar-refractivity contribution >= 4 is 5.91 Å². The number of carbonyl (C=O) groups excluding carboxylic acids is 1. The molecule has 2 nitrogen and oxygen atoms in total. The fourth-order valence-electron chi connectivity index (χ4n) is 2.34. The number of amides is 1. The van der Waals surface area contributed by atoms with Crippen molar-refractivity contribution in [2.24, 2.45) is 5.92 Å². The van der Waals surface area contributed by atoms with Crippen LogP contribution in [0.4, 0.5) is 0 Å². The first kappa shape index (κ1) is 16.7. The molecular weight excluding hydrogens is 246 g/mol. The first-order chi connectivity index (χ1) is 9.69. The molecule has 1 aromatic rings. The van der Waals surface area contributed by atoms with Crippen molar-refractivity contribution in [2.75, 3.05) is 6.54 Å². The van der Waals surface area contributed by atoms with E-state index in [1.807, 2.05) is 0 Å². The number of hydrogen-bond donors (Lipinski definition) is 1. The van der Waals surface area contributed by atoms with E-state index < -0.39 is 0 Å². The summed E-state index contributed by atoms with van der Waals surface area (Å²) in [6.07, 6.45) is 6.39. The molecule has 112 valence electrons. The molecule has 0 aliphatic heterocycles. The summed E-state index contributed by atoms with van der Waals surface area (Å²) >= 11 is 0. The molecule has 0 heterocycles. The Bertz CT molecular complexity index is 383. The van der Waals surface area contributed by atoms with Gasteiger partial charge in [0.05, 0.1) is 6.42 Å². The molecule has 1 atom stereocenters. The quantitative estimate of drug-likeness (QED) is 0.721. The Morgan fingerprint density at radius 3 is 2.30 bits per heavy atom. The highest BCUT2D eigenvalue weighted by Gasteiger charge is 2.08. The fourth-order valence-corrected chi connectivity index (χ4v) is 2.34. The van der Waals surface area contributed by atoms with Gasteiger partial charge in [0.2, 0.25) is 5.91 Å². The molecule has 0 radical (unpaired) electrons. The van der Waals surface area contributed by atoms with Gasteiger partial charge in [0, 0.05) is 6.54 Å². The van der Waals surface area contributed by atoms with E-state index in [2.05, 4.69) is 50.4 Å².